The first-order valence-corrected chi connectivity index (χ1v) is 4.51. The highest BCUT2D eigenvalue weighted by Gasteiger charge is 1.97. The highest BCUT2D eigenvalue weighted by atomic mass is 32.2. The van der Waals surface area contributed by atoms with Gasteiger partial charge < -0.3 is 11.1 Å². The molecule has 1 amide bonds. The second-order valence-corrected chi connectivity index (χ2v) is 3.07. The molecule has 0 saturated heterocycles. The van der Waals surface area contributed by atoms with Crippen LogP contribution in [0.25, 0.3) is 0 Å². The second-order valence-electron chi connectivity index (χ2n) is 1.68. The van der Waals surface area contributed by atoms with Crippen molar-refractivity contribution in [2.75, 3.05) is 18.6 Å². The SMILES string of the molecule is CSCC(=O)NCC(N)=S. The minimum atomic E-state index is -0.0275. The average Bonchev–Trinajstić information content (AvgIpc) is 1.85. The van der Waals surface area contributed by atoms with Gasteiger partial charge in [-0.25, -0.2) is 0 Å². The van der Waals surface area contributed by atoms with Crippen molar-refractivity contribution in [1.29, 1.82) is 0 Å². The van der Waals surface area contributed by atoms with Crippen LogP contribution in [-0.4, -0.2) is 29.4 Å². The fourth-order valence-electron chi connectivity index (χ4n) is 0.368. The van der Waals surface area contributed by atoms with E-state index in [1.54, 1.807) is 0 Å². The molecule has 0 aliphatic rings. The van der Waals surface area contributed by atoms with Crippen LogP contribution in [0.4, 0.5) is 0 Å². The normalized spacial score (nSPS) is 8.90. The molecule has 0 atom stereocenters. The molecule has 3 N–H and O–H groups in total. The van der Waals surface area contributed by atoms with Gasteiger partial charge in [-0.1, -0.05) is 12.2 Å². The van der Waals surface area contributed by atoms with Crippen molar-refractivity contribution in [3.05, 3.63) is 0 Å². The van der Waals surface area contributed by atoms with Crippen LogP contribution in [0.1, 0.15) is 0 Å². The smallest absolute Gasteiger partial charge is 0.230 e. The molecule has 0 rings (SSSR count). The molecule has 10 heavy (non-hydrogen) atoms. The number of nitrogens with one attached hydrogen (secondary N) is 1. The lowest BCUT2D eigenvalue weighted by atomic mass is 10.6. The summed E-state index contributed by atoms with van der Waals surface area (Å²) in [6.07, 6.45) is 1.86. The Morgan fingerprint density at radius 1 is 1.80 bits per heavy atom. The van der Waals surface area contributed by atoms with Crippen LogP contribution >= 0.6 is 24.0 Å². The van der Waals surface area contributed by atoms with Crippen LogP contribution < -0.4 is 11.1 Å². The Morgan fingerprint density at radius 3 is 2.80 bits per heavy atom. The largest absolute Gasteiger partial charge is 0.392 e. The summed E-state index contributed by atoms with van der Waals surface area (Å²) in [6, 6.07) is 0. The van der Waals surface area contributed by atoms with E-state index >= 15 is 0 Å². The summed E-state index contributed by atoms with van der Waals surface area (Å²) in [5.74, 6) is 0.433. The van der Waals surface area contributed by atoms with E-state index in [-0.39, 0.29) is 5.91 Å². The summed E-state index contributed by atoms with van der Waals surface area (Å²) in [7, 11) is 0. The highest BCUT2D eigenvalue weighted by molar-refractivity contribution is 7.99. The van der Waals surface area contributed by atoms with Crippen molar-refractivity contribution in [2.24, 2.45) is 5.73 Å². The predicted octanol–water partition coefficient (Wildman–Crippen LogP) is -0.248. The quantitative estimate of drug-likeness (QED) is 0.583. The number of rotatable bonds is 4. The molecule has 0 unspecified atom stereocenters. The Morgan fingerprint density at radius 2 is 2.40 bits per heavy atom. The Labute approximate surface area is 69.7 Å². The van der Waals surface area contributed by atoms with Gasteiger partial charge in [0.15, 0.2) is 0 Å². The summed E-state index contributed by atoms with van der Waals surface area (Å²) in [6.45, 7) is 0.300. The highest BCUT2D eigenvalue weighted by Crippen LogP contribution is 1.88. The standard InChI is InChI=1S/C5H10N2OS2/c1-10-3-5(8)7-2-4(6)9/h2-3H2,1H3,(H2,6,9)(H,7,8). The van der Waals surface area contributed by atoms with Crippen LogP contribution in [0.5, 0.6) is 0 Å². The van der Waals surface area contributed by atoms with E-state index in [2.05, 4.69) is 17.5 Å². The van der Waals surface area contributed by atoms with Crippen LogP contribution in [0, 0.1) is 0 Å². The molecule has 0 aliphatic carbocycles. The van der Waals surface area contributed by atoms with E-state index in [0.29, 0.717) is 17.3 Å². The van der Waals surface area contributed by atoms with Gasteiger partial charge in [-0.3, -0.25) is 4.79 Å². The molecular weight excluding hydrogens is 168 g/mol. The molecule has 0 spiro atoms. The van der Waals surface area contributed by atoms with Crippen LogP contribution in [0.3, 0.4) is 0 Å². The molecule has 58 valence electrons. The van der Waals surface area contributed by atoms with Crippen molar-refractivity contribution < 1.29 is 4.79 Å². The maximum Gasteiger partial charge on any atom is 0.230 e. The molecule has 0 heterocycles. The summed E-state index contributed by atoms with van der Waals surface area (Å²) >= 11 is 6.02. The molecular formula is C5H10N2OS2. The van der Waals surface area contributed by atoms with Gasteiger partial charge in [-0.05, 0) is 6.26 Å². The zero-order chi connectivity index (χ0) is 7.98. The molecule has 0 aromatic rings. The molecule has 3 nitrogen and oxygen atoms in total. The Hall–Kier alpha value is -0.290. The third-order valence-electron chi connectivity index (χ3n) is 0.735. The monoisotopic (exact) mass is 178 g/mol. The predicted molar refractivity (Wildman–Crippen MR) is 48.2 cm³/mol. The zero-order valence-corrected chi connectivity index (χ0v) is 7.35. The summed E-state index contributed by atoms with van der Waals surface area (Å²) in [5, 5.41) is 2.56. The van der Waals surface area contributed by atoms with Gasteiger partial charge in [0.2, 0.25) is 5.91 Å². The number of hydrogen-bond acceptors (Lipinski definition) is 3. The van der Waals surface area contributed by atoms with E-state index in [4.69, 9.17) is 5.73 Å². The Bertz CT molecular complexity index is 138. The van der Waals surface area contributed by atoms with E-state index in [0.717, 1.165) is 0 Å². The summed E-state index contributed by atoms with van der Waals surface area (Å²) in [4.78, 5) is 11.0. The molecule has 0 fully saturated rings. The van der Waals surface area contributed by atoms with Crippen molar-refractivity contribution in [1.82, 2.24) is 5.32 Å². The lowest BCUT2D eigenvalue weighted by Crippen LogP contribution is -2.33. The van der Waals surface area contributed by atoms with Crippen molar-refractivity contribution in [3.8, 4) is 0 Å². The van der Waals surface area contributed by atoms with Gasteiger partial charge >= 0.3 is 0 Å². The van der Waals surface area contributed by atoms with E-state index in [1.807, 2.05) is 6.26 Å². The summed E-state index contributed by atoms with van der Waals surface area (Å²) in [5.41, 5.74) is 5.15. The van der Waals surface area contributed by atoms with Crippen molar-refractivity contribution in [2.45, 2.75) is 0 Å². The number of thioether (sulfide) groups is 1. The fraction of sp³-hybridized carbons (Fsp3) is 0.600. The van der Waals surface area contributed by atoms with Gasteiger partial charge in [0, 0.05) is 0 Å². The molecule has 0 aromatic carbocycles. The molecule has 0 radical (unpaired) electrons. The first-order chi connectivity index (χ1) is 4.66. The van der Waals surface area contributed by atoms with Crippen LogP contribution in [0.15, 0.2) is 0 Å². The van der Waals surface area contributed by atoms with Crippen molar-refractivity contribution in [3.63, 3.8) is 0 Å². The van der Waals surface area contributed by atoms with E-state index < -0.39 is 0 Å². The first-order valence-electron chi connectivity index (χ1n) is 2.70. The minimum Gasteiger partial charge on any atom is -0.392 e. The number of thiocarbonyl (C=S) groups is 1. The Balaban J connectivity index is 3.30. The van der Waals surface area contributed by atoms with Gasteiger partial charge in [-0.2, -0.15) is 11.8 Å². The lowest BCUT2D eigenvalue weighted by molar-refractivity contribution is -0.118. The van der Waals surface area contributed by atoms with Crippen molar-refractivity contribution >= 4 is 34.9 Å². The molecule has 0 bridgehead atoms. The van der Waals surface area contributed by atoms with E-state index in [1.165, 1.54) is 11.8 Å². The third kappa shape index (κ3) is 5.84. The number of hydrogen-bond donors (Lipinski definition) is 2. The zero-order valence-electron chi connectivity index (χ0n) is 5.72. The van der Waals surface area contributed by atoms with Gasteiger partial charge in [0.1, 0.15) is 0 Å². The summed E-state index contributed by atoms with van der Waals surface area (Å²) < 4.78 is 0. The maximum atomic E-state index is 10.7. The lowest BCUT2D eigenvalue weighted by Gasteiger charge is -2.00. The molecule has 0 aliphatic heterocycles. The first kappa shape index (κ1) is 9.71. The average molecular weight is 178 g/mol. The molecule has 0 saturated carbocycles. The van der Waals surface area contributed by atoms with Gasteiger partial charge in [0.25, 0.3) is 0 Å². The third-order valence-corrected chi connectivity index (χ3v) is 1.43. The molecule has 0 aromatic heterocycles. The number of nitrogens with two attached hydrogens (primary N) is 1. The number of amides is 1. The maximum absolute atomic E-state index is 10.7. The van der Waals surface area contributed by atoms with Crippen LogP contribution in [0.2, 0.25) is 0 Å². The van der Waals surface area contributed by atoms with Crippen LogP contribution in [-0.2, 0) is 4.79 Å². The number of carbonyl (C=O) groups is 1. The number of carbonyl (C=O) groups excluding carboxylic acids is 1. The van der Waals surface area contributed by atoms with Gasteiger partial charge in [-0.15, -0.1) is 0 Å². The Kier molecular flexibility index (Phi) is 5.33. The molecule has 5 heteroatoms. The minimum absolute atomic E-state index is 0.0275. The fourth-order valence-corrected chi connectivity index (χ4v) is 0.804. The topological polar surface area (TPSA) is 55.1 Å². The van der Waals surface area contributed by atoms with E-state index in [9.17, 15) is 4.79 Å². The second kappa shape index (κ2) is 5.49. The van der Waals surface area contributed by atoms with Gasteiger partial charge in [0.05, 0.1) is 17.3 Å².